The summed E-state index contributed by atoms with van der Waals surface area (Å²) in [5.74, 6) is 2.53. The van der Waals surface area contributed by atoms with Gasteiger partial charge in [-0.15, -0.1) is 10.2 Å². The van der Waals surface area contributed by atoms with Gasteiger partial charge in [-0.1, -0.05) is 30.8 Å². The second kappa shape index (κ2) is 8.51. The summed E-state index contributed by atoms with van der Waals surface area (Å²) < 4.78 is 9.17. The van der Waals surface area contributed by atoms with E-state index in [9.17, 15) is 4.79 Å². The first-order valence-electron chi connectivity index (χ1n) is 9.99. The molecule has 0 atom stereocenters. The van der Waals surface area contributed by atoms with E-state index in [1.807, 2.05) is 52.5 Å². The predicted molar refractivity (Wildman–Crippen MR) is 115 cm³/mol. The molecule has 0 saturated carbocycles. The molecule has 1 aromatic carbocycles. The van der Waals surface area contributed by atoms with Crippen molar-refractivity contribution in [1.82, 2.24) is 29.4 Å². The molecular formula is C21H26N6O2S. The summed E-state index contributed by atoms with van der Waals surface area (Å²) in [4.78, 5) is 14.9. The van der Waals surface area contributed by atoms with E-state index >= 15 is 0 Å². The lowest BCUT2D eigenvalue weighted by molar-refractivity contribution is -0.131. The highest BCUT2D eigenvalue weighted by atomic mass is 32.2. The van der Waals surface area contributed by atoms with Crippen LogP contribution >= 0.6 is 11.8 Å². The Morgan fingerprint density at radius 2 is 2.10 bits per heavy atom. The van der Waals surface area contributed by atoms with Crippen LogP contribution in [0, 0.1) is 0 Å². The second-order valence-corrected chi connectivity index (χ2v) is 8.52. The minimum absolute atomic E-state index is 0.101. The third-order valence-corrected chi connectivity index (χ3v) is 6.31. The monoisotopic (exact) mass is 426 g/mol. The number of fused-ring (bicyclic) bond motifs is 1. The summed E-state index contributed by atoms with van der Waals surface area (Å²) >= 11 is 1.65. The number of hydrogen-bond acceptors (Lipinski definition) is 6. The van der Waals surface area contributed by atoms with E-state index in [2.05, 4.69) is 17.1 Å². The second-order valence-electron chi connectivity index (χ2n) is 7.29. The van der Waals surface area contributed by atoms with Gasteiger partial charge in [0.15, 0.2) is 11.0 Å². The molecule has 4 rings (SSSR count). The number of rotatable bonds is 6. The molecule has 1 aliphatic heterocycles. The van der Waals surface area contributed by atoms with Gasteiger partial charge in [0.2, 0.25) is 5.91 Å². The fourth-order valence-electron chi connectivity index (χ4n) is 3.83. The highest BCUT2D eigenvalue weighted by Gasteiger charge is 2.29. The smallest absolute Gasteiger partial charge is 0.227 e. The fraction of sp³-hybridized carbons (Fsp3) is 0.429. The quantitative estimate of drug-likeness (QED) is 0.564. The number of thioether (sulfide) groups is 1. The van der Waals surface area contributed by atoms with Crippen LogP contribution in [0.4, 0.5) is 0 Å². The van der Waals surface area contributed by atoms with E-state index < -0.39 is 0 Å². The Labute approximate surface area is 180 Å². The number of carbonyl (C=O) groups is 1. The van der Waals surface area contributed by atoms with Gasteiger partial charge in [0, 0.05) is 44.9 Å². The summed E-state index contributed by atoms with van der Waals surface area (Å²) in [6.07, 6.45) is 1.13. The molecule has 0 radical (unpaired) electrons. The molecule has 0 N–H and O–H groups in total. The lowest BCUT2D eigenvalue weighted by Gasteiger charge is -2.28. The van der Waals surface area contributed by atoms with Crippen LogP contribution in [-0.2, 0) is 38.3 Å². The summed E-state index contributed by atoms with van der Waals surface area (Å²) in [6.45, 7) is 3.31. The molecule has 30 heavy (non-hydrogen) atoms. The van der Waals surface area contributed by atoms with Gasteiger partial charge in [-0.05, 0) is 23.4 Å². The average molecular weight is 427 g/mol. The highest BCUT2D eigenvalue weighted by Crippen LogP contribution is 2.30. The van der Waals surface area contributed by atoms with Crippen LogP contribution < -0.4 is 4.74 Å². The Hall–Kier alpha value is -2.81. The van der Waals surface area contributed by atoms with Crippen LogP contribution in [0.25, 0.3) is 11.5 Å². The first kappa shape index (κ1) is 20.5. The number of methoxy groups -OCH3 is 1. The van der Waals surface area contributed by atoms with Crippen molar-refractivity contribution in [1.29, 1.82) is 0 Å². The fourth-order valence-corrected chi connectivity index (χ4v) is 4.47. The largest absolute Gasteiger partial charge is 0.497 e. The maximum atomic E-state index is 13.0. The molecule has 0 aliphatic carbocycles. The number of aryl methyl sites for hydroxylation is 1. The van der Waals surface area contributed by atoms with Crippen LogP contribution in [0.2, 0.25) is 0 Å². The topological polar surface area (TPSA) is 78.1 Å². The van der Waals surface area contributed by atoms with Gasteiger partial charge >= 0.3 is 0 Å². The van der Waals surface area contributed by atoms with E-state index in [1.54, 1.807) is 18.9 Å². The summed E-state index contributed by atoms with van der Waals surface area (Å²) in [7, 11) is 5.55. The normalized spacial score (nSPS) is 13.4. The summed E-state index contributed by atoms with van der Waals surface area (Å²) in [5.41, 5.74) is 3.98. The third kappa shape index (κ3) is 3.81. The van der Waals surface area contributed by atoms with Crippen LogP contribution in [-0.4, -0.2) is 54.8 Å². The zero-order valence-corrected chi connectivity index (χ0v) is 18.6. The molecule has 0 bridgehead atoms. The Morgan fingerprint density at radius 3 is 2.87 bits per heavy atom. The molecule has 1 amide bonds. The van der Waals surface area contributed by atoms with Crippen LogP contribution in [0.3, 0.4) is 0 Å². The number of nitrogens with zero attached hydrogens (tertiary/aromatic N) is 6. The van der Waals surface area contributed by atoms with Gasteiger partial charge in [0.1, 0.15) is 11.4 Å². The Bertz CT molecular complexity index is 1070. The van der Waals surface area contributed by atoms with E-state index in [0.29, 0.717) is 19.5 Å². The van der Waals surface area contributed by atoms with Crippen molar-refractivity contribution in [2.45, 2.75) is 31.5 Å². The molecule has 0 unspecified atom stereocenters. The number of ether oxygens (including phenoxy) is 1. The van der Waals surface area contributed by atoms with Gasteiger partial charge in [-0.3, -0.25) is 9.48 Å². The SMILES string of the molecule is CCSc1nnc(-c2nn(C)c3c2CN(C(=O)Cc2cccc(OC)c2)CC3)n1C. The molecule has 8 nitrogen and oxygen atoms in total. The predicted octanol–water partition coefficient (Wildman–Crippen LogP) is 2.46. The van der Waals surface area contributed by atoms with Gasteiger partial charge in [-0.25, -0.2) is 0 Å². The molecule has 9 heteroatoms. The molecular weight excluding hydrogens is 400 g/mol. The van der Waals surface area contributed by atoms with Crippen molar-refractivity contribution in [3.8, 4) is 17.3 Å². The highest BCUT2D eigenvalue weighted by molar-refractivity contribution is 7.99. The van der Waals surface area contributed by atoms with Crippen LogP contribution in [0.15, 0.2) is 29.4 Å². The van der Waals surface area contributed by atoms with Gasteiger partial charge in [0.05, 0.1) is 13.5 Å². The Morgan fingerprint density at radius 1 is 1.27 bits per heavy atom. The average Bonchev–Trinajstić information content (AvgIpc) is 3.27. The number of aromatic nitrogens is 5. The lowest BCUT2D eigenvalue weighted by Crippen LogP contribution is -2.37. The van der Waals surface area contributed by atoms with Gasteiger partial charge in [0.25, 0.3) is 0 Å². The maximum Gasteiger partial charge on any atom is 0.227 e. The first-order valence-corrected chi connectivity index (χ1v) is 11.0. The molecule has 1 aliphatic rings. The van der Waals surface area contributed by atoms with Crippen molar-refractivity contribution in [3.63, 3.8) is 0 Å². The first-order chi connectivity index (χ1) is 14.5. The van der Waals surface area contributed by atoms with Crippen LogP contribution in [0.1, 0.15) is 23.7 Å². The lowest BCUT2D eigenvalue weighted by atomic mass is 10.0. The van der Waals surface area contributed by atoms with Crippen LogP contribution in [0.5, 0.6) is 5.75 Å². The zero-order valence-electron chi connectivity index (χ0n) is 17.8. The number of hydrogen-bond donors (Lipinski definition) is 0. The van der Waals surface area contributed by atoms with Gasteiger partial charge in [-0.2, -0.15) is 5.10 Å². The Kier molecular flexibility index (Phi) is 5.80. The van der Waals surface area contributed by atoms with E-state index in [0.717, 1.165) is 51.4 Å². The number of benzene rings is 1. The minimum Gasteiger partial charge on any atom is -0.497 e. The van der Waals surface area contributed by atoms with E-state index in [1.165, 1.54) is 0 Å². The molecule has 0 saturated heterocycles. The molecule has 2 aromatic heterocycles. The maximum absolute atomic E-state index is 13.0. The third-order valence-electron chi connectivity index (χ3n) is 5.40. The number of carbonyl (C=O) groups excluding carboxylic acids is 1. The molecule has 0 fully saturated rings. The van der Waals surface area contributed by atoms with E-state index in [-0.39, 0.29) is 5.91 Å². The van der Waals surface area contributed by atoms with Crippen molar-refractivity contribution >= 4 is 17.7 Å². The Balaban J connectivity index is 1.58. The van der Waals surface area contributed by atoms with E-state index in [4.69, 9.17) is 9.84 Å². The summed E-state index contributed by atoms with van der Waals surface area (Å²) in [5, 5.41) is 14.3. The van der Waals surface area contributed by atoms with Crippen molar-refractivity contribution in [2.24, 2.45) is 14.1 Å². The molecule has 3 heterocycles. The standard InChI is InChI=1S/C21H26N6O2S/c1-5-30-21-23-22-20(25(21)2)19-16-13-27(10-9-17(16)26(3)24-19)18(28)12-14-7-6-8-15(11-14)29-4/h6-8,11H,5,9-10,12-13H2,1-4H3. The summed E-state index contributed by atoms with van der Waals surface area (Å²) in [6, 6.07) is 7.66. The van der Waals surface area contributed by atoms with Gasteiger partial charge < -0.3 is 14.2 Å². The van der Waals surface area contributed by atoms with Crippen molar-refractivity contribution < 1.29 is 9.53 Å². The molecule has 158 valence electrons. The zero-order chi connectivity index (χ0) is 21.3. The molecule has 3 aromatic rings. The minimum atomic E-state index is 0.101. The number of amides is 1. The van der Waals surface area contributed by atoms with Crippen molar-refractivity contribution in [3.05, 3.63) is 41.1 Å². The molecule has 0 spiro atoms. The van der Waals surface area contributed by atoms with Crippen molar-refractivity contribution in [2.75, 3.05) is 19.4 Å².